The highest BCUT2D eigenvalue weighted by Gasteiger charge is 2.50. The maximum Gasteiger partial charge on any atom is 0.355 e. The number of thiazole rings is 1. The molecule has 1 aliphatic carbocycles. The van der Waals surface area contributed by atoms with Gasteiger partial charge in [-0.3, -0.25) is 14.5 Å². The van der Waals surface area contributed by atoms with Crippen LogP contribution in [-0.2, 0) is 9.59 Å². The summed E-state index contributed by atoms with van der Waals surface area (Å²) in [6, 6.07) is -0.492. The Morgan fingerprint density at radius 3 is 2.38 bits per heavy atom. The molecular formula is C14H16N2O4S. The van der Waals surface area contributed by atoms with Gasteiger partial charge in [-0.1, -0.05) is 12.8 Å². The summed E-state index contributed by atoms with van der Waals surface area (Å²) in [5, 5.41) is 10.8. The monoisotopic (exact) mass is 308 g/mol. The number of fused-ring (bicyclic) bond motifs is 1. The number of hydrogen-bond acceptors (Lipinski definition) is 5. The zero-order valence-electron chi connectivity index (χ0n) is 11.6. The zero-order chi connectivity index (χ0) is 15.1. The fourth-order valence-electron chi connectivity index (χ4n) is 3.26. The summed E-state index contributed by atoms with van der Waals surface area (Å²) in [5.41, 5.74) is -0.0432. The molecule has 2 fully saturated rings. The SMILES string of the molecule is CC(c1nc(C(=O)O)cs1)N1C(=O)C2CCCCC2C1=O. The van der Waals surface area contributed by atoms with E-state index in [9.17, 15) is 14.4 Å². The zero-order valence-corrected chi connectivity index (χ0v) is 12.4. The van der Waals surface area contributed by atoms with Gasteiger partial charge in [0.2, 0.25) is 11.8 Å². The lowest BCUT2D eigenvalue weighted by Gasteiger charge is -2.21. The van der Waals surface area contributed by atoms with Crippen LogP contribution < -0.4 is 0 Å². The lowest BCUT2D eigenvalue weighted by molar-refractivity contribution is -0.142. The second-order valence-electron chi connectivity index (χ2n) is 5.60. The van der Waals surface area contributed by atoms with Crippen molar-refractivity contribution in [2.45, 2.75) is 38.6 Å². The van der Waals surface area contributed by atoms with Gasteiger partial charge >= 0.3 is 5.97 Å². The number of likely N-dealkylation sites (tertiary alicyclic amines) is 1. The minimum absolute atomic E-state index is 0.0432. The molecule has 3 rings (SSSR count). The molecule has 2 heterocycles. The number of carbonyl (C=O) groups is 3. The molecule has 3 atom stereocenters. The molecule has 1 N–H and O–H groups in total. The molecule has 112 valence electrons. The topological polar surface area (TPSA) is 87.6 Å². The fraction of sp³-hybridized carbons (Fsp3) is 0.571. The molecule has 0 radical (unpaired) electrons. The molecule has 0 spiro atoms. The summed E-state index contributed by atoms with van der Waals surface area (Å²) >= 11 is 1.17. The summed E-state index contributed by atoms with van der Waals surface area (Å²) < 4.78 is 0. The van der Waals surface area contributed by atoms with Gasteiger partial charge in [-0.05, 0) is 19.8 Å². The number of aromatic nitrogens is 1. The molecule has 21 heavy (non-hydrogen) atoms. The lowest BCUT2D eigenvalue weighted by Crippen LogP contribution is -2.33. The van der Waals surface area contributed by atoms with Crippen LogP contribution in [0.2, 0.25) is 0 Å². The third-order valence-corrected chi connectivity index (χ3v) is 5.38. The molecular weight excluding hydrogens is 292 g/mol. The second kappa shape index (κ2) is 5.22. The highest BCUT2D eigenvalue weighted by molar-refractivity contribution is 7.09. The van der Waals surface area contributed by atoms with E-state index >= 15 is 0 Å². The predicted octanol–water partition coefficient (Wildman–Crippen LogP) is 2.08. The van der Waals surface area contributed by atoms with E-state index in [1.165, 1.54) is 21.6 Å². The van der Waals surface area contributed by atoms with Gasteiger partial charge in [0.1, 0.15) is 5.01 Å². The van der Waals surface area contributed by atoms with Crippen LogP contribution in [0.15, 0.2) is 5.38 Å². The average molecular weight is 308 g/mol. The number of rotatable bonds is 3. The van der Waals surface area contributed by atoms with E-state index in [1.54, 1.807) is 6.92 Å². The van der Waals surface area contributed by atoms with Crippen LogP contribution in [0.1, 0.15) is 54.1 Å². The Labute approximate surface area is 125 Å². The number of aromatic carboxylic acids is 1. The van der Waals surface area contributed by atoms with Crippen LogP contribution in [-0.4, -0.2) is 32.8 Å². The van der Waals surface area contributed by atoms with Crippen LogP contribution in [0, 0.1) is 11.8 Å². The highest BCUT2D eigenvalue weighted by atomic mass is 32.1. The number of carboxylic acids is 1. The molecule has 0 aromatic carbocycles. The Morgan fingerprint density at radius 1 is 1.33 bits per heavy atom. The average Bonchev–Trinajstić information content (AvgIpc) is 3.05. The van der Waals surface area contributed by atoms with E-state index < -0.39 is 12.0 Å². The van der Waals surface area contributed by atoms with Crippen molar-refractivity contribution in [1.82, 2.24) is 9.88 Å². The van der Waals surface area contributed by atoms with Crippen molar-refractivity contribution in [3.63, 3.8) is 0 Å². The molecule has 2 aliphatic rings. The molecule has 2 amide bonds. The molecule has 1 aliphatic heterocycles. The largest absolute Gasteiger partial charge is 0.476 e. The van der Waals surface area contributed by atoms with Crippen molar-refractivity contribution < 1.29 is 19.5 Å². The first-order valence-corrected chi connectivity index (χ1v) is 7.94. The van der Waals surface area contributed by atoms with Crippen molar-refractivity contribution in [2.24, 2.45) is 11.8 Å². The number of amides is 2. The number of imide groups is 1. The van der Waals surface area contributed by atoms with Crippen LogP contribution in [0.5, 0.6) is 0 Å². The van der Waals surface area contributed by atoms with Gasteiger partial charge in [-0.15, -0.1) is 11.3 Å². The van der Waals surface area contributed by atoms with Crippen LogP contribution in [0.3, 0.4) is 0 Å². The first-order chi connectivity index (χ1) is 10.0. The number of carbonyl (C=O) groups excluding carboxylic acids is 2. The van der Waals surface area contributed by atoms with Crippen molar-refractivity contribution >= 4 is 29.1 Å². The van der Waals surface area contributed by atoms with Crippen molar-refractivity contribution in [2.75, 3.05) is 0 Å². The Balaban J connectivity index is 1.86. The smallest absolute Gasteiger partial charge is 0.355 e. The summed E-state index contributed by atoms with van der Waals surface area (Å²) in [7, 11) is 0. The number of hydrogen-bond donors (Lipinski definition) is 1. The molecule has 1 saturated heterocycles. The molecule has 1 aromatic heterocycles. The van der Waals surface area contributed by atoms with Crippen molar-refractivity contribution in [1.29, 1.82) is 0 Å². The van der Waals surface area contributed by atoms with Crippen molar-refractivity contribution in [3.05, 3.63) is 16.1 Å². The predicted molar refractivity (Wildman–Crippen MR) is 74.8 cm³/mol. The first-order valence-electron chi connectivity index (χ1n) is 7.06. The lowest BCUT2D eigenvalue weighted by atomic mass is 9.81. The van der Waals surface area contributed by atoms with E-state index in [4.69, 9.17) is 5.11 Å². The minimum atomic E-state index is -1.10. The second-order valence-corrected chi connectivity index (χ2v) is 6.49. The summed E-state index contributed by atoms with van der Waals surface area (Å²) in [6.45, 7) is 1.73. The maximum absolute atomic E-state index is 12.5. The third-order valence-electron chi connectivity index (χ3n) is 4.36. The Hall–Kier alpha value is -1.76. The first kappa shape index (κ1) is 14.2. The molecule has 1 aromatic rings. The number of nitrogens with zero attached hydrogens (tertiary/aromatic N) is 2. The third kappa shape index (κ3) is 2.25. The van der Waals surface area contributed by atoms with Gasteiger partial charge in [0.05, 0.1) is 17.9 Å². The van der Waals surface area contributed by atoms with Gasteiger partial charge in [-0.2, -0.15) is 0 Å². The van der Waals surface area contributed by atoms with Gasteiger partial charge < -0.3 is 5.11 Å². The molecule has 1 saturated carbocycles. The Kier molecular flexibility index (Phi) is 3.52. The van der Waals surface area contributed by atoms with E-state index in [2.05, 4.69) is 4.98 Å². The maximum atomic E-state index is 12.5. The Bertz CT molecular complexity index is 588. The van der Waals surface area contributed by atoms with Gasteiger partial charge in [0.15, 0.2) is 5.69 Å². The van der Waals surface area contributed by atoms with Crippen LogP contribution in [0.25, 0.3) is 0 Å². The molecule has 3 unspecified atom stereocenters. The summed E-state index contributed by atoms with van der Waals surface area (Å²) in [6.07, 6.45) is 3.53. The van der Waals surface area contributed by atoms with Crippen molar-refractivity contribution in [3.8, 4) is 0 Å². The Morgan fingerprint density at radius 2 is 1.90 bits per heavy atom. The van der Waals surface area contributed by atoms with Crippen LogP contribution >= 0.6 is 11.3 Å². The van der Waals surface area contributed by atoms with Gasteiger partial charge in [0.25, 0.3) is 0 Å². The molecule has 6 nitrogen and oxygen atoms in total. The van der Waals surface area contributed by atoms with Gasteiger partial charge in [-0.25, -0.2) is 9.78 Å². The van der Waals surface area contributed by atoms with E-state index in [-0.39, 0.29) is 29.3 Å². The van der Waals surface area contributed by atoms with E-state index in [0.717, 1.165) is 25.7 Å². The fourth-order valence-corrected chi connectivity index (χ4v) is 4.10. The summed E-state index contributed by atoms with van der Waals surface area (Å²) in [5.74, 6) is -1.72. The highest BCUT2D eigenvalue weighted by Crippen LogP contribution is 2.41. The summed E-state index contributed by atoms with van der Waals surface area (Å²) in [4.78, 5) is 41.1. The number of carboxylic acid groups (broad SMARTS) is 1. The molecule has 0 bridgehead atoms. The minimum Gasteiger partial charge on any atom is -0.476 e. The molecule has 7 heteroatoms. The van der Waals surface area contributed by atoms with E-state index in [1.807, 2.05) is 0 Å². The van der Waals surface area contributed by atoms with E-state index in [0.29, 0.717) is 5.01 Å². The quantitative estimate of drug-likeness (QED) is 0.864. The standard InChI is InChI=1S/C14H16N2O4S/c1-7(11-15-10(6-21-11)14(19)20)16-12(17)8-4-2-3-5-9(8)13(16)18/h6-9H,2-5H2,1H3,(H,19,20). The van der Waals surface area contributed by atoms with Crippen LogP contribution in [0.4, 0.5) is 0 Å². The van der Waals surface area contributed by atoms with Gasteiger partial charge in [0, 0.05) is 5.38 Å². The normalized spacial score (nSPS) is 26.8.